The Morgan fingerprint density at radius 2 is 1.59 bits per heavy atom. The molecular formula is C18H14ClF4N3O. The molecule has 0 unspecified atom stereocenters. The molecule has 0 bridgehead atoms. The van der Waals surface area contributed by atoms with Gasteiger partial charge in [0.25, 0.3) is 0 Å². The number of halogens is 5. The van der Waals surface area contributed by atoms with E-state index in [0.29, 0.717) is 17.7 Å². The SMILES string of the molecule is Cn1c(-c2cc(F)ccc2Cl)nnc1C(C)(C)Oc1c(F)cc(F)cc1F. The van der Waals surface area contributed by atoms with Crippen LogP contribution in [0, 0.1) is 23.3 Å². The smallest absolute Gasteiger partial charge is 0.192 e. The third-order valence-corrected chi connectivity index (χ3v) is 4.23. The summed E-state index contributed by atoms with van der Waals surface area (Å²) in [7, 11) is 1.58. The molecule has 142 valence electrons. The van der Waals surface area contributed by atoms with Crippen molar-refractivity contribution in [2.75, 3.05) is 0 Å². The minimum atomic E-state index is -1.35. The predicted molar refractivity (Wildman–Crippen MR) is 91.4 cm³/mol. The largest absolute Gasteiger partial charge is 0.474 e. The van der Waals surface area contributed by atoms with E-state index in [2.05, 4.69) is 10.2 Å². The van der Waals surface area contributed by atoms with Crippen molar-refractivity contribution in [3.05, 3.63) is 64.4 Å². The highest BCUT2D eigenvalue weighted by Gasteiger charge is 2.32. The molecule has 0 aliphatic rings. The first-order valence-corrected chi connectivity index (χ1v) is 8.17. The summed E-state index contributed by atoms with van der Waals surface area (Å²) in [6.07, 6.45) is 0. The molecule has 2 aromatic carbocycles. The average molecular weight is 400 g/mol. The molecule has 0 saturated heterocycles. The summed E-state index contributed by atoms with van der Waals surface area (Å²) in [5.74, 6) is -4.24. The molecule has 1 heterocycles. The van der Waals surface area contributed by atoms with E-state index in [1.807, 2.05) is 0 Å². The molecule has 0 atom stereocenters. The van der Waals surface area contributed by atoms with E-state index in [1.54, 1.807) is 7.05 Å². The minimum absolute atomic E-state index is 0.195. The van der Waals surface area contributed by atoms with Crippen LogP contribution in [-0.4, -0.2) is 14.8 Å². The van der Waals surface area contributed by atoms with Crippen LogP contribution in [0.15, 0.2) is 30.3 Å². The summed E-state index contributed by atoms with van der Waals surface area (Å²) in [6.45, 7) is 3.02. The summed E-state index contributed by atoms with van der Waals surface area (Å²) in [5, 5.41) is 8.24. The number of hydrogen-bond acceptors (Lipinski definition) is 3. The molecule has 3 aromatic rings. The van der Waals surface area contributed by atoms with Crippen molar-refractivity contribution in [1.29, 1.82) is 0 Å². The Morgan fingerprint density at radius 3 is 2.22 bits per heavy atom. The van der Waals surface area contributed by atoms with Crippen molar-refractivity contribution in [3.8, 4) is 17.1 Å². The number of benzene rings is 2. The van der Waals surface area contributed by atoms with E-state index < -0.39 is 34.6 Å². The van der Waals surface area contributed by atoms with Crippen LogP contribution in [0.4, 0.5) is 17.6 Å². The van der Waals surface area contributed by atoms with Crippen LogP contribution in [0.3, 0.4) is 0 Å². The molecule has 0 saturated carbocycles. The number of aromatic nitrogens is 3. The molecule has 9 heteroatoms. The van der Waals surface area contributed by atoms with Gasteiger partial charge < -0.3 is 9.30 Å². The van der Waals surface area contributed by atoms with E-state index in [1.165, 1.54) is 36.6 Å². The Bertz CT molecular complexity index is 997. The van der Waals surface area contributed by atoms with Gasteiger partial charge in [-0.3, -0.25) is 0 Å². The number of hydrogen-bond donors (Lipinski definition) is 0. The summed E-state index contributed by atoms with van der Waals surface area (Å²) in [5.41, 5.74) is -1.05. The third-order valence-electron chi connectivity index (χ3n) is 3.90. The van der Waals surface area contributed by atoms with Crippen molar-refractivity contribution < 1.29 is 22.3 Å². The molecule has 0 spiro atoms. The van der Waals surface area contributed by atoms with Crippen molar-refractivity contribution in [2.24, 2.45) is 7.05 Å². The van der Waals surface area contributed by atoms with Crippen molar-refractivity contribution in [2.45, 2.75) is 19.4 Å². The van der Waals surface area contributed by atoms with Gasteiger partial charge >= 0.3 is 0 Å². The first-order valence-electron chi connectivity index (χ1n) is 7.79. The lowest BCUT2D eigenvalue weighted by atomic mass is 10.1. The fourth-order valence-electron chi connectivity index (χ4n) is 2.68. The van der Waals surface area contributed by atoms with Gasteiger partial charge in [0.1, 0.15) is 11.6 Å². The van der Waals surface area contributed by atoms with Crippen molar-refractivity contribution in [1.82, 2.24) is 14.8 Å². The zero-order valence-corrected chi connectivity index (χ0v) is 15.3. The Kier molecular flexibility index (Phi) is 4.86. The average Bonchev–Trinajstić information content (AvgIpc) is 2.95. The van der Waals surface area contributed by atoms with Gasteiger partial charge in [0.05, 0.1) is 5.02 Å². The Labute approximate surface area is 157 Å². The molecule has 3 rings (SSSR count). The quantitative estimate of drug-likeness (QED) is 0.579. The van der Waals surface area contributed by atoms with Crippen LogP contribution in [0.25, 0.3) is 11.4 Å². The molecule has 0 amide bonds. The van der Waals surface area contributed by atoms with E-state index in [4.69, 9.17) is 16.3 Å². The topological polar surface area (TPSA) is 39.9 Å². The molecule has 4 nitrogen and oxygen atoms in total. The first kappa shape index (κ1) is 19.2. The second kappa shape index (κ2) is 6.84. The standard InChI is InChI=1S/C18H14ClF4N3O/c1-18(2,27-15-13(22)7-10(21)8-14(15)23)17-25-24-16(26(17)3)11-6-9(20)4-5-12(11)19/h4-8H,1-3H3. The monoisotopic (exact) mass is 399 g/mol. The van der Waals surface area contributed by atoms with Crippen LogP contribution in [0.2, 0.25) is 5.02 Å². The zero-order valence-electron chi connectivity index (χ0n) is 14.5. The third kappa shape index (κ3) is 3.62. The van der Waals surface area contributed by atoms with Crippen LogP contribution in [0.1, 0.15) is 19.7 Å². The second-order valence-corrected chi connectivity index (χ2v) is 6.75. The molecule has 0 aliphatic heterocycles. The predicted octanol–water partition coefficient (Wildman–Crippen LogP) is 5.01. The maximum absolute atomic E-state index is 13.9. The lowest BCUT2D eigenvalue weighted by Gasteiger charge is -2.26. The summed E-state index contributed by atoms with van der Waals surface area (Å²) in [6, 6.07) is 4.82. The normalized spacial score (nSPS) is 11.7. The van der Waals surface area contributed by atoms with Crippen molar-refractivity contribution >= 4 is 11.6 Å². The molecule has 27 heavy (non-hydrogen) atoms. The maximum Gasteiger partial charge on any atom is 0.192 e. The first-order chi connectivity index (χ1) is 12.6. The van der Waals surface area contributed by atoms with Gasteiger partial charge in [-0.25, -0.2) is 17.6 Å². The zero-order chi connectivity index (χ0) is 19.9. The Balaban J connectivity index is 2.02. The van der Waals surface area contributed by atoms with E-state index in [9.17, 15) is 17.6 Å². The van der Waals surface area contributed by atoms with Gasteiger partial charge in [-0.05, 0) is 32.0 Å². The number of rotatable bonds is 4. The highest BCUT2D eigenvalue weighted by Crippen LogP contribution is 2.33. The van der Waals surface area contributed by atoms with Crippen LogP contribution in [0.5, 0.6) is 5.75 Å². The lowest BCUT2D eigenvalue weighted by Crippen LogP contribution is -2.30. The molecule has 0 fully saturated rings. The molecule has 0 radical (unpaired) electrons. The van der Waals surface area contributed by atoms with E-state index in [-0.39, 0.29) is 16.7 Å². The number of nitrogens with zero attached hydrogens (tertiary/aromatic N) is 3. The van der Waals surface area contributed by atoms with Gasteiger partial charge in [0, 0.05) is 24.7 Å². The molecule has 0 aliphatic carbocycles. The van der Waals surface area contributed by atoms with Crippen LogP contribution < -0.4 is 4.74 Å². The fourth-order valence-corrected chi connectivity index (χ4v) is 2.89. The van der Waals surface area contributed by atoms with Crippen LogP contribution >= 0.6 is 11.6 Å². The highest BCUT2D eigenvalue weighted by atomic mass is 35.5. The van der Waals surface area contributed by atoms with Gasteiger partial charge in [-0.15, -0.1) is 10.2 Å². The Morgan fingerprint density at radius 1 is 0.963 bits per heavy atom. The minimum Gasteiger partial charge on any atom is -0.474 e. The van der Waals surface area contributed by atoms with Gasteiger partial charge in [0.15, 0.2) is 34.6 Å². The second-order valence-electron chi connectivity index (χ2n) is 6.34. The van der Waals surface area contributed by atoms with E-state index >= 15 is 0 Å². The summed E-state index contributed by atoms with van der Waals surface area (Å²) >= 11 is 6.10. The van der Waals surface area contributed by atoms with Gasteiger partial charge in [-0.2, -0.15) is 0 Å². The Hall–Kier alpha value is -2.61. The fraction of sp³-hybridized carbons (Fsp3) is 0.222. The van der Waals surface area contributed by atoms with Crippen molar-refractivity contribution in [3.63, 3.8) is 0 Å². The maximum atomic E-state index is 13.9. The van der Waals surface area contributed by atoms with E-state index in [0.717, 1.165) is 0 Å². The molecule has 0 N–H and O–H groups in total. The summed E-state index contributed by atoms with van der Waals surface area (Å²) in [4.78, 5) is 0. The summed E-state index contributed by atoms with van der Waals surface area (Å²) < 4.78 is 61.4. The lowest BCUT2D eigenvalue weighted by molar-refractivity contribution is 0.0833. The van der Waals surface area contributed by atoms with Gasteiger partial charge in [-0.1, -0.05) is 11.6 Å². The molecule has 1 aromatic heterocycles. The number of ether oxygens (including phenoxy) is 1. The van der Waals surface area contributed by atoms with Gasteiger partial charge in [0.2, 0.25) is 0 Å². The molecular weight excluding hydrogens is 386 g/mol. The highest BCUT2D eigenvalue weighted by molar-refractivity contribution is 6.33. The van der Waals surface area contributed by atoms with Crippen LogP contribution in [-0.2, 0) is 12.6 Å².